The Morgan fingerprint density at radius 3 is 2.57 bits per heavy atom. The SMILES string of the molecule is CCCN1C(=O)C2(c3ccccc31)c1c(oc3ccc(C)cc3c1=O)C(=O)N2CCCOC(C)C. The lowest BCUT2D eigenvalue weighted by molar-refractivity contribution is -0.126. The highest BCUT2D eigenvalue weighted by Crippen LogP contribution is 2.52. The first-order chi connectivity index (χ1) is 16.8. The number of carbonyl (C=O) groups excluding carboxylic acids is 2. The first-order valence-electron chi connectivity index (χ1n) is 12.2. The van der Waals surface area contributed by atoms with Crippen LogP contribution in [0.1, 0.15) is 60.9 Å². The van der Waals surface area contributed by atoms with Crippen molar-refractivity contribution in [2.45, 2.75) is 52.2 Å². The molecule has 5 rings (SSSR count). The first-order valence-corrected chi connectivity index (χ1v) is 12.2. The molecule has 0 saturated heterocycles. The molecule has 0 fully saturated rings. The molecule has 1 spiro atoms. The molecule has 0 radical (unpaired) electrons. The fourth-order valence-corrected chi connectivity index (χ4v) is 5.39. The van der Waals surface area contributed by atoms with Gasteiger partial charge in [0.15, 0.2) is 11.0 Å². The second-order valence-electron chi connectivity index (χ2n) is 9.55. The minimum atomic E-state index is -1.55. The van der Waals surface area contributed by atoms with Crippen molar-refractivity contribution in [3.8, 4) is 0 Å². The average molecular weight is 475 g/mol. The number of benzene rings is 2. The minimum absolute atomic E-state index is 0.0439. The van der Waals surface area contributed by atoms with Gasteiger partial charge in [-0.2, -0.15) is 0 Å². The Hall–Kier alpha value is -3.45. The number of para-hydroxylation sites is 1. The molecule has 0 N–H and O–H groups in total. The molecule has 0 bridgehead atoms. The van der Waals surface area contributed by atoms with Gasteiger partial charge in [0.2, 0.25) is 5.76 Å². The van der Waals surface area contributed by atoms with Crippen molar-refractivity contribution in [1.29, 1.82) is 0 Å². The third kappa shape index (κ3) is 3.32. The van der Waals surface area contributed by atoms with Crippen LogP contribution in [0.15, 0.2) is 51.7 Å². The zero-order valence-electron chi connectivity index (χ0n) is 20.6. The summed E-state index contributed by atoms with van der Waals surface area (Å²) in [5, 5.41) is 0.375. The number of anilines is 1. The summed E-state index contributed by atoms with van der Waals surface area (Å²) in [5.41, 5.74) is 0.867. The summed E-state index contributed by atoms with van der Waals surface area (Å²) in [4.78, 5) is 45.4. The number of amides is 2. The number of ether oxygens (including phenoxy) is 1. The maximum Gasteiger partial charge on any atom is 0.291 e. The van der Waals surface area contributed by atoms with Gasteiger partial charge in [-0.1, -0.05) is 36.8 Å². The van der Waals surface area contributed by atoms with E-state index in [2.05, 4.69) is 0 Å². The zero-order chi connectivity index (χ0) is 24.9. The fourth-order valence-electron chi connectivity index (χ4n) is 5.39. The molecule has 35 heavy (non-hydrogen) atoms. The van der Waals surface area contributed by atoms with Gasteiger partial charge >= 0.3 is 0 Å². The number of carbonyl (C=O) groups is 2. The number of nitrogens with zero attached hydrogens (tertiary/aromatic N) is 2. The van der Waals surface area contributed by atoms with Crippen molar-refractivity contribution in [1.82, 2.24) is 4.90 Å². The summed E-state index contributed by atoms with van der Waals surface area (Å²) >= 11 is 0. The van der Waals surface area contributed by atoms with Crippen LogP contribution in [0.25, 0.3) is 11.0 Å². The third-order valence-corrected chi connectivity index (χ3v) is 6.82. The Kier molecular flexibility index (Phi) is 5.75. The van der Waals surface area contributed by atoms with Crippen LogP contribution in [0.5, 0.6) is 0 Å². The maximum atomic E-state index is 14.3. The molecule has 1 aromatic heterocycles. The van der Waals surface area contributed by atoms with E-state index in [4.69, 9.17) is 9.15 Å². The van der Waals surface area contributed by atoms with E-state index in [0.29, 0.717) is 36.1 Å². The molecule has 0 saturated carbocycles. The molecule has 2 aliphatic heterocycles. The quantitative estimate of drug-likeness (QED) is 0.475. The van der Waals surface area contributed by atoms with Gasteiger partial charge in [-0.3, -0.25) is 14.4 Å². The molecule has 2 aromatic carbocycles. The lowest BCUT2D eigenvalue weighted by Gasteiger charge is -2.34. The second kappa shape index (κ2) is 8.64. The van der Waals surface area contributed by atoms with Gasteiger partial charge in [0.05, 0.1) is 22.7 Å². The second-order valence-corrected chi connectivity index (χ2v) is 9.55. The van der Waals surface area contributed by atoms with Crippen LogP contribution in [0.3, 0.4) is 0 Å². The number of rotatable bonds is 7. The van der Waals surface area contributed by atoms with E-state index in [-0.39, 0.29) is 35.3 Å². The normalized spacial score (nSPS) is 18.9. The van der Waals surface area contributed by atoms with E-state index in [1.54, 1.807) is 17.0 Å². The van der Waals surface area contributed by atoms with Crippen LogP contribution in [-0.4, -0.2) is 42.5 Å². The molecule has 3 heterocycles. The Morgan fingerprint density at radius 2 is 1.83 bits per heavy atom. The summed E-state index contributed by atoms with van der Waals surface area (Å²) < 4.78 is 11.8. The Bertz CT molecular complexity index is 1390. The van der Waals surface area contributed by atoms with Crippen LogP contribution in [0.4, 0.5) is 5.69 Å². The average Bonchev–Trinajstić information content (AvgIpc) is 3.22. The van der Waals surface area contributed by atoms with Crippen molar-refractivity contribution >= 4 is 28.5 Å². The molecule has 7 heteroatoms. The van der Waals surface area contributed by atoms with E-state index < -0.39 is 11.4 Å². The maximum absolute atomic E-state index is 14.3. The Balaban J connectivity index is 1.78. The standard InChI is InChI=1S/C28H30N2O5/c1-5-13-29-21-10-7-6-9-20(21)28(27(29)33)23-24(31)19-16-18(4)11-12-22(19)35-25(23)26(32)30(28)14-8-15-34-17(2)3/h6-7,9-12,16-17H,5,8,13-15H2,1-4H3. The highest BCUT2D eigenvalue weighted by atomic mass is 16.5. The molecule has 1 atom stereocenters. The molecular weight excluding hydrogens is 444 g/mol. The summed E-state index contributed by atoms with van der Waals surface area (Å²) in [6.45, 7) is 8.98. The van der Waals surface area contributed by atoms with Crippen molar-refractivity contribution in [3.05, 3.63) is 75.1 Å². The summed E-state index contributed by atoms with van der Waals surface area (Å²) in [6, 6.07) is 12.8. The predicted octanol–water partition coefficient (Wildman–Crippen LogP) is 4.37. The molecule has 0 aliphatic carbocycles. The molecule has 1 unspecified atom stereocenters. The van der Waals surface area contributed by atoms with Crippen molar-refractivity contribution in [2.75, 3.05) is 24.6 Å². The van der Waals surface area contributed by atoms with E-state index >= 15 is 0 Å². The largest absolute Gasteiger partial charge is 0.450 e. The van der Waals surface area contributed by atoms with Gasteiger partial charge in [-0.05, 0) is 51.8 Å². The monoisotopic (exact) mass is 474 g/mol. The van der Waals surface area contributed by atoms with Gasteiger partial charge in [-0.25, -0.2) is 0 Å². The smallest absolute Gasteiger partial charge is 0.291 e. The number of aryl methyl sites for hydroxylation is 1. The van der Waals surface area contributed by atoms with E-state index in [1.165, 1.54) is 4.90 Å². The molecule has 182 valence electrons. The predicted molar refractivity (Wildman–Crippen MR) is 134 cm³/mol. The van der Waals surface area contributed by atoms with Gasteiger partial charge in [0.1, 0.15) is 5.58 Å². The van der Waals surface area contributed by atoms with Gasteiger partial charge in [0, 0.05) is 25.3 Å². The van der Waals surface area contributed by atoms with Crippen LogP contribution >= 0.6 is 0 Å². The topological polar surface area (TPSA) is 80.1 Å². The van der Waals surface area contributed by atoms with Crippen LogP contribution in [0.2, 0.25) is 0 Å². The Labute approximate surface area is 204 Å². The van der Waals surface area contributed by atoms with Gasteiger partial charge in [-0.15, -0.1) is 0 Å². The Morgan fingerprint density at radius 1 is 1.06 bits per heavy atom. The number of hydrogen-bond donors (Lipinski definition) is 0. The number of fused-ring (bicyclic) bond motifs is 5. The van der Waals surface area contributed by atoms with E-state index in [9.17, 15) is 14.4 Å². The zero-order valence-corrected chi connectivity index (χ0v) is 20.6. The summed E-state index contributed by atoms with van der Waals surface area (Å²) in [6.07, 6.45) is 1.32. The summed E-state index contributed by atoms with van der Waals surface area (Å²) in [7, 11) is 0. The fraction of sp³-hybridized carbons (Fsp3) is 0.393. The third-order valence-electron chi connectivity index (χ3n) is 6.82. The highest BCUT2D eigenvalue weighted by Gasteiger charge is 2.64. The van der Waals surface area contributed by atoms with Crippen molar-refractivity contribution in [3.63, 3.8) is 0 Å². The molecule has 3 aromatic rings. The van der Waals surface area contributed by atoms with Crippen LogP contribution in [-0.2, 0) is 15.1 Å². The van der Waals surface area contributed by atoms with E-state index in [0.717, 1.165) is 17.7 Å². The molecule has 2 amide bonds. The van der Waals surface area contributed by atoms with Gasteiger partial charge in [0.25, 0.3) is 11.8 Å². The van der Waals surface area contributed by atoms with Crippen molar-refractivity contribution < 1.29 is 18.7 Å². The number of hydrogen-bond acceptors (Lipinski definition) is 5. The lowest BCUT2D eigenvalue weighted by Crippen LogP contribution is -2.53. The van der Waals surface area contributed by atoms with E-state index in [1.807, 2.05) is 58.0 Å². The molecular formula is C28H30N2O5. The highest BCUT2D eigenvalue weighted by molar-refractivity contribution is 6.17. The first kappa shape index (κ1) is 23.3. The van der Waals surface area contributed by atoms with Gasteiger partial charge < -0.3 is 19.0 Å². The molecule has 2 aliphatic rings. The van der Waals surface area contributed by atoms with Crippen molar-refractivity contribution in [2.24, 2.45) is 0 Å². The minimum Gasteiger partial charge on any atom is -0.450 e. The molecule has 7 nitrogen and oxygen atoms in total. The lowest BCUT2D eigenvalue weighted by atomic mass is 9.84. The van der Waals surface area contributed by atoms with Crippen LogP contribution < -0.4 is 10.3 Å². The summed E-state index contributed by atoms with van der Waals surface area (Å²) in [5.74, 6) is -0.764. The van der Waals surface area contributed by atoms with Crippen LogP contribution in [0, 0.1) is 6.92 Å².